The fraction of sp³-hybridized carbons (Fsp3) is 0.269. The molecule has 0 saturated carbocycles. The Hall–Kier alpha value is -3.67. The smallest absolute Gasteiger partial charge is 0.325 e. The van der Waals surface area contributed by atoms with Crippen molar-refractivity contribution in [3.05, 3.63) is 82.9 Å². The zero-order chi connectivity index (χ0) is 23.0. The number of hydrogen-bond acceptors (Lipinski definition) is 3. The van der Waals surface area contributed by atoms with Crippen molar-refractivity contribution >= 4 is 28.6 Å². The minimum Gasteiger partial charge on any atom is -0.348 e. The van der Waals surface area contributed by atoms with E-state index in [-0.39, 0.29) is 18.5 Å². The average Bonchev–Trinajstić information content (AvgIpc) is 2.99. The molecule has 1 aliphatic rings. The first-order valence-corrected chi connectivity index (χ1v) is 10.7. The van der Waals surface area contributed by atoms with Gasteiger partial charge in [0.25, 0.3) is 5.91 Å². The summed E-state index contributed by atoms with van der Waals surface area (Å²) in [5, 5.41) is 7.69. The Bertz CT molecular complexity index is 1240. The molecule has 3 aromatic carbocycles. The fourth-order valence-corrected chi connectivity index (χ4v) is 4.08. The molecule has 6 nitrogen and oxygen atoms in total. The lowest BCUT2D eigenvalue weighted by molar-refractivity contribution is -0.135. The highest BCUT2D eigenvalue weighted by molar-refractivity contribution is 6.09. The molecule has 32 heavy (non-hydrogen) atoms. The van der Waals surface area contributed by atoms with Crippen molar-refractivity contribution in [3.63, 3.8) is 0 Å². The molecule has 2 N–H and O–H groups in total. The Morgan fingerprint density at radius 2 is 1.72 bits per heavy atom. The molecule has 0 bridgehead atoms. The van der Waals surface area contributed by atoms with Crippen LogP contribution in [0.4, 0.5) is 4.79 Å². The molecule has 6 heteroatoms. The highest BCUT2D eigenvalue weighted by Gasteiger charge is 2.49. The third kappa shape index (κ3) is 3.84. The number of fused-ring (bicyclic) bond motifs is 1. The van der Waals surface area contributed by atoms with Crippen LogP contribution in [0.25, 0.3) is 10.8 Å². The predicted molar refractivity (Wildman–Crippen MR) is 124 cm³/mol. The average molecular weight is 430 g/mol. The van der Waals surface area contributed by atoms with Gasteiger partial charge < -0.3 is 10.6 Å². The fourth-order valence-electron chi connectivity index (χ4n) is 4.08. The number of nitrogens with one attached hydrogen (secondary N) is 2. The molecule has 1 saturated heterocycles. The Morgan fingerprint density at radius 1 is 1.00 bits per heavy atom. The van der Waals surface area contributed by atoms with E-state index in [1.807, 2.05) is 81.4 Å². The van der Waals surface area contributed by atoms with E-state index in [0.29, 0.717) is 5.56 Å². The number of carbonyl (C=O) groups is 3. The van der Waals surface area contributed by atoms with Gasteiger partial charge in [0.15, 0.2) is 0 Å². The minimum absolute atomic E-state index is 0.241. The summed E-state index contributed by atoms with van der Waals surface area (Å²) in [5.41, 5.74) is 2.75. The first kappa shape index (κ1) is 21.6. The molecule has 0 aromatic heterocycles. The van der Waals surface area contributed by atoms with Crippen LogP contribution < -0.4 is 10.6 Å². The molecule has 0 radical (unpaired) electrons. The third-order valence-corrected chi connectivity index (χ3v) is 6.31. The van der Waals surface area contributed by atoms with Gasteiger partial charge in [-0.15, -0.1) is 0 Å². The molecule has 2 atom stereocenters. The molecule has 1 aliphatic heterocycles. The van der Waals surface area contributed by atoms with E-state index in [1.54, 1.807) is 6.92 Å². The minimum atomic E-state index is -1.22. The van der Waals surface area contributed by atoms with Crippen molar-refractivity contribution < 1.29 is 14.4 Å². The predicted octanol–water partition coefficient (Wildman–Crippen LogP) is 4.10. The Kier molecular flexibility index (Phi) is 5.46. The molecular weight excluding hydrogens is 402 g/mol. The SMILES string of the molecule is Cc1ccc([C@@H](C)NC(=O)CN2C(=O)N[C@](C)(c3ccc4ccccc4c3)C2=O)cc1C. The van der Waals surface area contributed by atoms with E-state index in [0.717, 1.165) is 26.8 Å². The second kappa shape index (κ2) is 8.11. The molecule has 164 valence electrons. The van der Waals surface area contributed by atoms with Crippen molar-refractivity contribution in [2.75, 3.05) is 6.54 Å². The lowest BCUT2D eigenvalue weighted by Crippen LogP contribution is -2.43. The van der Waals surface area contributed by atoms with Crippen LogP contribution in [0.2, 0.25) is 0 Å². The largest absolute Gasteiger partial charge is 0.348 e. The first-order valence-electron chi connectivity index (χ1n) is 10.7. The zero-order valence-corrected chi connectivity index (χ0v) is 18.7. The van der Waals surface area contributed by atoms with E-state index >= 15 is 0 Å². The normalized spacial score (nSPS) is 19.2. The molecule has 0 unspecified atom stereocenters. The van der Waals surface area contributed by atoms with E-state index in [2.05, 4.69) is 10.6 Å². The van der Waals surface area contributed by atoms with Gasteiger partial charge in [-0.3, -0.25) is 14.5 Å². The Morgan fingerprint density at radius 3 is 2.44 bits per heavy atom. The van der Waals surface area contributed by atoms with Crippen molar-refractivity contribution in [3.8, 4) is 0 Å². The maximum absolute atomic E-state index is 13.2. The van der Waals surface area contributed by atoms with E-state index < -0.39 is 17.5 Å². The van der Waals surface area contributed by atoms with E-state index in [1.165, 1.54) is 5.56 Å². The van der Waals surface area contributed by atoms with Gasteiger partial charge >= 0.3 is 6.03 Å². The first-order chi connectivity index (χ1) is 15.2. The standard InChI is InChI=1S/C26H27N3O3/c1-16-9-10-20(13-17(16)2)18(3)27-23(30)15-29-24(31)26(4,28-25(29)32)22-12-11-19-7-5-6-8-21(19)14-22/h5-14,18H,15H2,1-4H3,(H,27,30)(H,28,32)/t18-,26-/m1/s1. The molecular formula is C26H27N3O3. The number of urea groups is 1. The van der Waals surface area contributed by atoms with Crippen LogP contribution in [0.5, 0.6) is 0 Å². The molecule has 0 aliphatic carbocycles. The number of aryl methyl sites for hydroxylation is 2. The second-order valence-corrected chi connectivity index (χ2v) is 8.64. The van der Waals surface area contributed by atoms with Gasteiger partial charge in [0.05, 0.1) is 6.04 Å². The van der Waals surface area contributed by atoms with Gasteiger partial charge in [-0.25, -0.2) is 4.79 Å². The summed E-state index contributed by atoms with van der Waals surface area (Å²) >= 11 is 0. The summed E-state index contributed by atoms with van der Waals surface area (Å²) in [6, 6.07) is 18.7. The highest BCUT2D eigenvalue weighted by atomic mass is 16.2. The summed E-state index contributed by atoms with van der Waals surface area (Å²) in [5.74, 6) is -0.825. The quantitative estimate of drug-likeness (QED) is 0.600. The molecule has 1 fully saturated rings. The van der Waals surface area contributed by atoms with Crippen LogP contribution in [0, 0.1) is 13.8 Å². The molecule has 0 spiro atoms. The lowest BCUT2D eigenvalue weighted by Gasteiger charge is -2.23. The topological polar surface area (TPSA) is 78.5 Å². The van der Waals surface area contributed by atoms with Crippen LogP contribution >= 0.6 is 0 Å². The summed E-state index contributed by atoms with van der Waals surface area (Å²) in [6.45, 7) is 7.28. The monoisotopic (exact) mass is 429 g/mol. The molecule has 4 rings (SSSR count). The van der Waals surface area contributed by atoms with E-state index in [9.17, 15) is 14.4 Å². The number of carbonyl (C=O) groups excluding carboxylic acids is 3. The number of imide groups is 1. The number of benzene rings is 3. The van der Waals surface area contributed by atoms with Gasteiger partial charge in [0.2, 0.25) is 5.91 Å². The van der Waals surface area contributed by atoms with Crippen LogP contribution in [-0.2, 0) is 15.1 Å². The summed E-state index contributed by atoms with van der Waals surface area (Å²) in [6.07, 6.45) is 0. The number of hydrogen-bond donors (Lipinski definition) is 2. The van der Waals surface area contributed by atoms with Crippen molar-refractivity contribution in [2.24, 2.45) is 0 Å². The lowest BCUT2D eigenvalue weighted by atomic mass is 9.90. The molecule has 4 amide bonds. The Balaban J connectivity index is 1.49. The highest BCUT2D eigenvalue weighted by Crippen LogP contribution is 2.31. The van der Waals surface area contributed by atoms with Crippen LogP contribution in [0.1, 0.15) is 42.1 Å². The Labute approximate surface area is 187 Å². The maximum Gasteiger partial charge on any atom is 0.325 e. The van der Waals surface area contributed by atoms with Crippen LogP contribution in [0.15, 0.2) is 60.7 Å². The number of amides is 4. The summed E-state index contributed by atoms with van der Waals surface area (Å²) in [7, 11) is 0. The van der Waals surface area contributed by atoms with Gasteiger partial charge in [0, 0.05) is 0 Å². The summed E-state index contributed by atoms with van der Waals surface area (Å²) in [4.78, 5) is 39.5. The van der Waals surface area contributed by atoms with Gasteiger partial charge in [-0.1, -0.05) is 54.6 Å². The van der Waals surface area contributed by atoms with Crippen molar-refractivity contribution in [1.29, 1.82) is 0 Å². The van der Waals surface area contributed by atoms with Gasteiger partial charge in [0.1, 0.15) is 12.1 Å². The molecule has 3 aromatic rings. The van der Waals surface area contributed by atoms with Gasteiger partial charge in [-0.05, 0) is 66.8 Å². The van der Waals surface area contributed by atoms with Crippen LogP contribution in [-0.4, -0.2) is 29.3 Å². The second-order valence-electron chi connectivity index (χ2n) is 8.64. The maximum atomic E-state index is 13.2. The van der Waals surface area contributed by atoms with Gasteiger partial charge in [-0.2, -0.15) is 0 Å². The van der Waals surface area contributed by atoms with Crippen LogP contribution in [0.3, 0.4) is 0 Å². The third-order valence-electron chi connectivity index (χ3n) is 6.31. The number of rotatable bonds is 5. The zero-order valence-electron chi connectivity index (χ0n) is 18.7. The number of nitrogens with zero attached hydrogens (tertiary/aromatic N) is 1. The summed E-state index contributed by atoms with van der Waals surface area (Å²) < 4.78 is 0. The van der Waals surface area contributed by atoms with Crippen molar-refractivity contribution in [1.82, 2.24) is 15.5 Å². The van der Waals surface area contributed by atoms with E-state index in [4.69, 9.17) is 0 Å². The molecule has 1 heterocycles. The van der Waals surface area contributed by atoms with Crippen molar-refractivity contribution in [2.45, 2.75) is 39.3 Å².